The molecule has 3 aromatic rings. The Balaban J connectivity index is 1.52. The Morgan fingerprint density at radius 3 is 2.46 bits per heavy atom. The van der Waals surface area contributed by atoms with Crippen LogP contribution in [0.5, 0.6) is 0 Å². The zero-order valence-corrected chi connectivity index (χ0v) is 20.4. The minimum Gasteiger partial charge on any atom is -0.324 e. The highest BCUT2D eigenvalue weighted by molar-refractivity contribution is 8.02. The molecule has 1 saturated heterocycles. The van der Waals surface area contributed by atoms with Gasteiger partial charge in [0.25, 0.3) is 5.91 Å². The number of aryl methyl sites for hydroxylation is 3. The lowest BCUT2D eigenvalue weighted by molar-refractivity contribution is -0.124. The van der Waals surface area contributed by atoms with E-state index in [2.05, 4.69) is 5.32 Å². The van der Waals surface area contributed by atoms with Crippen molar-refractivity contribution in [2.45, 2.75) is 25.6 Å². The van der Waals surface area contributed by atoms with Crippen LogP contribution in [-0.2, 0) is 19.3 Å². The van der Waals surface area contributed by atoms with E-state index in [1.165, 1.54) is 39.8 Å². The summed E-state index contributed by atoms with van der Waals surface area (Å²) in [5.74, 6) is -1.46. The Labute approximate surface area is 207 Å². The predicted molar refractivity (Wildman–Crippen MR) is 136 cm³/mol. The van der Waals surface area contributed by atoms with Gasteiger partial charge in [0, 0.05) is 16.9 Å². The Morgan fingerprint density at radius 2 is 1.74 bits per heavy atom. The Hall–Kier alpha value is -3.65. The van der Waals surface area contributed by atoms with Crippen molar-refractivity contribution in [3.63, 3.8) is 0 Å². The zero-order chi connectivity index (χ0) is 24.9. The third kappa shape index (κ3) is 3.69. The predicted octanol–water partition coefficient (Wildman–Crippen LogP) is 4.67. The number of amides is 3. The standard InChI is InChI=1S/C27H24FN3O3S/c1-16-11-17(2)25(18(3)12-16)29-23(32)14-30-22-10-5-4-9-21(22)27(26(30)34)31(24(33)15-35-27)20-8-6-7-19(28)13-20/h4-13H,14-15H2,1-3H3,(H,29,32)/t27-/m1/s1. The smallest absolute Gasteiger partial charge is 0.269 e. The van der Waals surface area contributed by atoms with Gasteiger partial charge in [-0.15, -0.1) is 11.8 Å². The highest BCUT2D eigenvalue weighted by Crippen LogP contribution is 2.55. The van der Waals surface area contributed by atoms with E-state index in [1.807, 2.05) is 32.9 Å². The van der Waals surface area contributed by atoms with Crippen LogP contribution in [0.2, 0.25) is 0 Å². The fourth-order valence-electron chi connectivity index (χ4n) is 5.03. The number of thioether (sulfide) groups is 1. The number of para-hydroxylation sites is 1. The SMILES string of the molecule is Cc1cc(C)c(NC(=O)CN2C(=O)[C@]3(SCC(=O)N3c3cccc(F)c3)c3ccccc32)c(C)c1. The summed E-state index contributed by atoms with van der Waals surface area (Å²) >= 11 is 1.19. The largest absolute Gasteiger partial charge is 0.324 e. The maximum Gasteiger partial charge on any atom is 0.269 e. The summed E-state index contributed by atoms with van der Waals surface area (Å²) in [6, 6.07) is 16.8. The van der Waals surface area contributed by atoms with Gasteiger partial charge in [-0.1, -0.05) is 42.0 Å². The molecule has 3 amide bonds. The summed E-state index contributed by atoms with van der Waals surface area (Å²) in [6.45, 7) is 5.64. The molecule has 0 aliphatic carbocycles. The van der Waals surface area contributed by atoms with Crippen molar-refractivity contribution in [3.05, 3.63) is 88.7 Å². The van der Waals surface area contributed by atoms with Crippen molar-refractivity contribution < 1.29 is 18.8 Å². The van der Waals surface area contributed by atoms with Gasteiger partial charge in [-0.2, -0.15) is 0 Å². The van der Waals surface area contributed by atoms with Crippen molar-refractivity contribution in [1.82, 2.24) is 0 Å². The highest BCUT2D eigenvalue weighted by Gasteiger charge is 2.61. The first kappa shape index (κ1) is 23.1. The van der Waals surface area contributed by atoms with Crippen molar-refractivity contribution in [2.24, 2.45) is 0 Å². The summed E-state index contributed by atoms with van der Waals surface area (Å²) in [5.41, 5.74) is 5.19. The summed E-state index contributed by atoms with van der Waals surface area (Å²) in [7, 11) is 0. The molecule has 2 aliphatic heterocycles. The van der Waals surface area contributed by atoms with Crippen LogP contribution in [0.1, 0.15) is 22.3 Å². The second kappa shape index (κ2) is 8.53. The van der Waals surface area contributed by atoms with Gasteiger partial charge in [0.15, 0.2) is 0 Å². The van der Waals surface area contributed by atoms with Crippen LogP contribution in [-0.4, -0.2) is 30.0 Å². The van der Waals surface area contributed by atoms with E-state index in [9.17, 15) is 18.8 Å². The number of benzene rings is 3. The summed E-state index contributed by atoms with van der Waals surface area (Å²) in [5, 5.41) is 2.95. The summed E-state index contributed by atoms with van der Waals surface area (Å²) < 4.78 is 14.1. The average molecular weight is 490 g/mol. The molecule has 6 nitrogen and oxygen atoms in total. The number of fused-ring (bicyclic) bond motifs is 2. The molecule has 178 valence electrons. The fraction of sp³-hybridized carbons (Fsp3) is 0.222. The zero-order valence-electron chi connectivity index (χ0n) is 19.6. The molecule has 0 radical (unpaired) electrons. The second-order valence-electron chi connectivity index (χ2n) is 8.87. The molecule has 0 aromatic heterocycles. The van der Waals surface area contributed by atoms with Crippen LogP contribution in [0.15, 0.2) is 60.7 Å². The van der Waals surface area contributed by atoms with Crippen LogP contribution in [0.25, 0.3) is 0 Å². The molecular weight excluding hydrogens is 465 g/mol. The van der Waals surface area contributed by atoms with Gasteiger partial charge in [0.1, 0.15) is 12.4 Å². The van der Waals surface area contributed by atoms with Crippen LogP contribution in [0, 0.1) is 26.6 Å². The fourth-order valence-corrected chi connectivity index (χ4v) is 6.39. The molecule has 0 bridgehead atoms. The Morgan fingerprint density at radius 1 is 1.03 bits per heavy atom. The van der Waals surface area contributed by atoms with Gasteiger partial charge in [-0.05, 0) is 56.2 Å². The van der Waals surface area contributed by atoms with E-state index in [1.54, 1.807) is 30.3 Å². The minimum atomic E-state index is -1.39. The number of nitrogens with zero attached hydrogens (tertiary/aromatic N) is 2. The molecule has 0 saturated carbocycles. The molecule has 1 spiro atoms. The van der Waals surface area contributed by atoms with Crippen molar-refractivity contribution in [3.8, 4) is 0 Å². The van der Waals surface area contributed by atoms with Crippen LogP contribution in [0.4, 0.5) is 21.5 Å². The number of carbonyl (C=O) groups is 3. The van der Waals surface area contributed by atoms with Crippen LogP contribution in [0.3, 0.4) is 0 Å². The van der Waals surface area contributed by atoms with Gasteiger partial charge < -0.3 is 5.32 Å². The third-order valence-electron chi connectivity index (χ3n) is 6.37. The molecule has 0 unspecified atom stereocenters. The molecule has 1 N–H and O–H groups in total. The molecule has 2 heterocycles. The van der Waals surface area contributed by atoms with E-state index in [0.29, 0.717) is 16.9 Å². The van der Waals surface area contributed by atoms with E-state index in [0.717, 1.165) is 22.4 Å². The summed E-state index contributed by atoms with van der Waals surface area (Å²) in [6.07, 6.45) is 0. The van der Waals surface area contributed by atoms with E-state index < -0.39 is 16.6 Å². The van der Waals surface area contributed by atoms with E-state index in [4.69, 9.17) is 0 Å². The molecule has 3 aromatic carbocycles. The van der Waals surface area contributed by atoms with Gasteiger partial charge in [0.05, 0.1) is 11.4 Å². The average Bonchev–Trinajstić information content (AvgIpc) is 3.27. The first-order chi connectivity index (χ1) is 16.7. The van der Waals surface area contributed by atoms with E-state index >= 15 is 0 Å². The number of halogens is 1. The number of hydrogen-bond acceptors (Lipinski definition) is 4. The quantitative estimate of drug-likeness (QED) is 0.578. The number of anilines is 3. The molecule has 8 heteroatoms. The molecular formula is C27H24FN3O3S. The minimum absolute atomic E-state index is 0.0678. The third-order valence-corrected chi connectivity index (χ3v) is 7.76. The van der Waals surface area contributed by atoms with Crippen molar-refractivity contribution in [2.75, 3.05) is 27.4 Å². The normalized spacial score (nSPS) is 19.0. The summed E-state index contributed by atoms with van der Waals surface area (Å²) in [4.78, 5) is 41.5. The number of nitrogens with one attached hydrogen (secondary N) is 1. The lowest BCUT2D eigenvalue weighted by Crippen LogP contribution is -2.51. The lowest BCUT2D eigenvalue weighted by atomic mass is 10.0. The highest BCUT2D eigenvalue weighted by atomic mass is 32.2. The van der Waals surface area contributed by atoms with Gasteiger partial charge in [-0.25, -0.2) is 4.39 Å². The van der Waals surface area contributed by atoms with Gasteiger partial charge in [0.2, 0.25) is 16.7 Å². The number of hydrogen-bond donors (Lipinski definition) is 1. The molecule has 1 atom stereocenters. The topological polar surface area (TPSA) is 69.7 Å². The van der Waals surface area contributed by atoms with Gasteiger partial charge in [-0.3, -0.25) is 24.2 Å². The van der Waals surface area contributed by atoms with Crippen molar-refractivity contribution >= 4 is 46.5 Å². The monoisotopic (exact) mass is 489 g/mol. The van der Waals surface area contributed by atoms with Crippen LogP contribution >= 0.6 is 11.8 Å². The maximum atomic E-state index is 14.1. The number of carbonyl (C=O) groups excluding carboxylic acids is 3. The van der Waals surface area contributed by atoms with E-state index in [-0.39, 0.29) is 24.1 Å². The second-order valence-corrected chi connectivity index (χ2v) is 10.0. The number of rotatable bonds is 4. The molecule has 5 rings (SSSR count). The first-order valence-corrected chi connectivity index (χ1v) is 12.2. The lowest BCUT2D eigenvalue weighted by Gasteiger charge is -2.33. The maximum absolute atomic E-state index is 14.1. The molecule has 2 aliphatic rings. The van der Waals surface area contributed by atoms with Crippen molar-refractivity contribution in [1.29, 1.82) is 0 Å². The van der Waals surface area contributed by atoms with Gasteiger partial charge >= 0.3 is 0 Å². The molecule has 1 fully saturated rings. The first-order valence-electron chi connectivity index (χ1n) is 11.2. The van der Waals surface area contributed by atoms with Crippen LogP contribution < -0.4 is 15.1 Å². The Kier molecular flexibility index (Phi) is 5.63. The molecule has 35 heavy (non-hydrogen) atoms. The Bertz CT molecular complexity index is 1370.